The Morgan fingerprint density at radius 1 is 1.08 bits per heavy atom. The summed E-state index contributed by atoms with van der Waals surface area (Å²) in [6, 6.07) is 8.34. The molecule has 1 heterocycles. The molecule has 0 aliphatic carbocycles. The molecule has 122 valence electrons. The Hall–Kier alpha value is -3.02. The van der Waals surface area contributed by atoms with E-state index in [1.54, 1.807) is 51.1 Å². The number of aryl methyl sites for hydroxylation is 2. The van der Waals surface area contributed by atoms with E-state index in [1.165, 1.54) is 0 Å². The van der Waals surface area contributed by atoms with Gasteiger partial charge in [0, 0.05) is 5.56 Å². The van der Waals surface area contributed by atoms with Gasteiger partial charge in [0.2, 0.25) is 5.82 Å². The number of hydrogen-bond acceptors (Lipinski definition) is 4. The maximum absolute atomic E-state index is 14.2. The lowest BCUT2D eigenvalue weighted by molar-refractivity contribution is 0.0695. The van der Waals surface area contributed by atoms with E-state index in [9.17, 15) is 14.3 Å². The Morgan fingerprint density at radius 3 is 2.54 bits per heavy atom. The molecule has 0 saturated carbocycles. The molecule has 0 atom stereocenters. The highest BCUT2D eigenvalue weighted by Crippen LogP contribution is 2.29. The molecule has 5 nitrogen and oxygen atoms in total. The fourth-order valence-corrected chi connectivity index (χ4v) is 2.67. The lowest BCUT2D eigenvalue weighted by Crippen LogP contribution is -2.04. The number of carboxylic acid groups (broad SMARTS) is 1. The van der Waals surface area contributed by atoms with Crippen LogP contribution in [-0.4, -0.2) is 21.2 Å². The van der Waals surface area contributed by atoms with Crippen molar-refractivity contribution in [2.24, 2.45) is 0 Å². The summed E-state index contributed by atoms with van der Waals surface area (Å²) >= 11 is 0. The van der Waals surface area contributed by atoms with Crippen LogP contribution in [0, 0.1) is 26.6 Å². The molecular weight excluding hydrogens is 311 g/mol. The van der Waals surface area contributed by atoms with Crippen LogP contribution in [-0.2, 0) is 0 Å². The van der Waals surface area contributed by atoms with E-state index < -0.39 is 11.8 Å². The van der Waals surface area contributed by atoms with Crippen LogP contribution in [0.2, 0.25) is 0 Å². The van der Waals surface area contributed by atoms with Crippen molar-refractivity contribution in [2.75, 3.05) is 0 Å². The molecule has 0 bridgehead atoms. The first-order valence-corrected chi connectivity index (χ1v) is 7.33. The summed E-state index contributed by atoms with van der Waals surface area (Å²) in [6.45, 7) is 5.07. The van der Waals surface area contributed by atoms with Gasteiger partial charge in [-0.15, -0.1) is 0 Å². The third kappa shape index (κ3) is 2.56. The fourth-order valence-electron chi connectivity index (χ4n) is 2.67. The standard InChI is InChI=1S/C18H15FN2O3/c1-9-7-8-12(11(3)14(9)18(22)23)16-20-17(24-21-16)13-6-4-5-10(2)15(13)19/h4-8H,1-3H3,(H,22,23). The van der Waals surface area contributed by atoms with Gasteiger partial charge in [-0.1, -0.05) is 29.4 Å². The van der Waals surface area contributed by atoms with Crippen LogP contribution in [0.5, 0.6) is 0 Å². The van der Waals surface area contributed by atoms with Crippen molar-refractivity contribution in [2.45, 2.75) is 20.8 Å². The molecule has 1 N–H and O–H groups in total. The molecule has 0 aliphatic heterocycles. The van der Waals surface area contributed by atoms with Crippen LogP contribution < -0.4 is 0 Å². The minimum atomic E-state index is -1.01. The van der Waals surface area contributed by atoms with Crippen molar-refractivity contribution in [1.29, 1.82) is 0 Å². The van der Waals surface area contributed by atoms with E-state index >= 15 is 0 Å². The number of aromatic carboxylic acids is 1. The summed E-state index contributed by atoms with van der Waals surface area (Å²) in [5.74, 6) is -1.14. The average Bonchev–Trinajstić information content (AvgIpc) is 2.99. The number of halogens is 1. The minimum Gasteiger partial charge on any atom is -0.478 e. The van der Waals surface area contributed by atoms with Crippen molar-refractivity contribution in [3.8, 4) is 22.8 Å². The number of nitrogens with zero attached hydrogens (tertiary/aromatic N) is 2. The molecule has 2 aromatic carbocycles. The first kappa shape index (κ1) is 15.9. The maximum Gasteiger partial charge on any atom is 0.336 e. The maximum atomic E-state index is 14.2. The van der Waals surface area contributed by atoms with E-state index in [0.717, 1.165) is 0 Å². The van der Waals surface area contributed by atoms with Crippen LogP contribution in [0.25, 0.3) is 22.8 Å². The number of aromatic nitrogens is 2. The molecule has 24 heavy (non-hydrogen) atoms. The molecule has 0 amide bonds. The van der Waals surface area contributed by atoms with Crippen LogP contribution >= 0.6 is 0 Å². The number of hydrogen-bond donors (Lipinski definition) is 1. The first-order valence-electron chi connectivity index (χ1n) is 7.33. The summed E-state index contributed by atoms with van der Waals surface area (Å²) in [4.78, 5) is 15.7. The van der Waals surface area contributed by atoms with Crippen molar-refractivity contribution in [3.63, 3.8) is 0 Å². The Morgan fingerprint density at radius 2 is 1.83 bits per heavy atom. The topological polar surface area (TPSA) is 76.2 Å². The van der Waals surface area contributed by atoms with Gasteiger partial charge in [0.05, 0.1) is 11.1 Å². The molecule has 1 aromatic heterocycles. The third-order valence-corrected chi connectivity index (χ3v) is 3.98. The van der Waals surface area contributed by atoms with Gasteiger partial charge in [-0.25, -0.2) is 9.18 Å². The van der Waals surface area contributed by atoms with E-state index in [2.05, 4.69) is 10.1 Å². The Bertz CT molecular complexity index is 947. The van der Waals surface area contributed by atoms with Gasteiger partial charge >= 0.3 is 5.97 Å². The van der Waals surface area contributed by atoms with Gasteiger partial charge in [-0.05, 0) is 43.5 Å². The minimum absolute atomic E-state index is 0.0584. The zero-order valence-electron chi connectivity index (χ0n) is 13.4. The lowest BCUT2D eigenvalue weighted by atomic mass is 9.97. The number of benzene rings is 2. The molecule has 0 fully saturated rings. The molecule has 0 saturated heterocycles. The van der Waals surface area contributed by atoms with Crippen LogP contribution in [0.3, 0.4) is 0 Å². The second-order valence-electron chi connectivity index (χ2n) is 5.59. The highest BCUT2D eigenvalue weighted by atomic mass is 19.1. The van der Waals surface area contributed by atoms with Gasteiger partial charge < -0.3 is 9.63 Å². The SMILES string of the molecule is Cc1cccc(-c2nc(-c3ccc(C)c(C(=O)O)c3C)no2)c1F. The zero-order chi connectivity index (χ0) is 17.4. The van der Waals surface area contributed by atoms with Crippen molar-refractivity contribution < 1.29 is 18.8 Å². The molecule has 0 spiro atoms. The largest absolute Gasteiger partial charge is 0.478 e. The van der Waals surface area contributed by atoms with E-state index in [0.29, 0.717) is 22.3 Å². The molecule has 3 rings (SSSR count). The normalized spacial score (nSPS) is 10.8. The van der Waals surface area contributed by atoms with Crippen molar-refractivity contribution in [3.05, 3.63) is 58.4 Å². The van der Waals surface area contributed by atoms with Crippen molar-refractivity contribution >= 4 is 5.97 Å². The smallest absolute Gasteiger partial charge is 0.336 e. The first-order chi connectivity index (χ1) is 11.4. The summed E-state index contributed by atoms with van der Waals surface area (Å²) in [5, 5.41) is 13.2. The fraction of sp³-hybridized carbons (Fsp3) is 0.167. The van der Waals surface area contributed by atoms with E-state index in [4.69, 9.17) is 4.52 Å². The van der Waals surface area contributed by atoms with Gasteiger partial charge in [-0.3, -0.25) is 0 Å². The molecular formula is C18H15FN2O3. The second kappa shape index (κ2) is 5.88. The zero-order valence-corrected chi connectivity index (χ0v) is 13.4. The summed E-state index contributed by atoms with van der Waals surface area (Å²) in [5.41, 5.74) is 2.64. The van der Waals surface area contributed by atoms with E-state index in [-0.39, 0.29) is 22.8 Å². The molecule has 0 radical (unpaired) electrons. The van der Waals surface area contributed by atoms with Gasteiger partial charge in [0.15, 0.2) is 0 Å². The Kier molecular flexibility index (Phi) is 3.89. The van der Waals surface area contributed by atoms with Gasteiger partial charge in [-0.2, -0.15) is 4.98 Å². The number of carbonyl (C=O) groups is 1. The highest BCUT2D eigenvalue weighted by molar-refractivity contribution is 5.93. The monoisotopic (exact) mass is 326 g/mol. The predicted molar refractivity (Wildman–Crippen MR) is 86.3 cm³/mol. The predicted octanol–water partition coefficient (Wildman–Crippen LogP) is 4.17. The molecule has 0 aliphatic rings. The summed E-state index contributed by atoms with van der Waals surface area (Å²) in [6.07, 6.45) is 0. The number of carboxylic acids is 1. The van der Waals surface area contributed by atoms with Crippen LogP contribution in [0.4, 0.5) is 4.39 Å². The van der Waals surface area contributed by atoms with Gasteiger partial charge in [0.25, 0.3) is 5.89 Å². The summed E-state index contributed by atoms with van der Waals surface area (Å²) in [7, 11) is 0. The van der Waals surface area contributed by atoms with Gasteiger partial charge in [0.1, 0.15) is 5.82 Å². The quantitative estimate of drug-likeness (QED) is 0.782. The average molecular weight is 326 g/mol. The Balaban J connectivity index is 2.11. The third-order valence-electron chi connectivity index (χ3n) is 3.98. The second-order valence-corrected chi connectivity index (χ2v) is 5.59. The van der Waals surface area contributed by atoms with Crippen molar-refractivity contribution in [1.82, 2.24) is 10.1 Å². The molecule has 6 heteroatoms. The Labute approximate surface area is 137 Å². The highest BCUT2D eigenvalue weighted by Gasteiger charge is 2.20. The summed E-state index contributed by atoms with van der Waals surface area (Å²) < 4.78 is 19.4. The molecule has 0 unspecified atom stereocenters. The van der Waals surface area contributed by atoms with Crippen LogP contribution in [0.15, 0.2) is 34.9 Å². The van der Waals surface area contributed by atoms with Crippen LogP contribution in [0.1, 0.15) is 27.0 Å². The van der Waals surface area contributed by atoms with E-state index in [1.807, 2.05) is 0 Å². The number of rotatable bonds is 3. The lowest BCUT2D eigenvalue weighted by Gasteiger charge is -2.08. The molecule has 3 aromatic rings.